The highest BCUT2D eigenvalue weighted by atomic mass is 32.1. The van der Waals surface area contributed by atoms with Crippen LogP contribution in [-0.2, 0) is 14.3 Å². The Morgan fingerprint density at radius 2 is 2.22 bits per heavy atom. The maximum Gasteiger partial charge on any atom is 0.348 e. The largest absolute Gasteiger partial charge is 0.462 e. The van der Waals surface area contributed by atoms with Gasteiger partial charge in [-0.15, -0.1) is 11.3 Å². The van der Waals surface area contributed by atoms with Crippen molar-refractivity contribution in [1.82, 2.24) is 9.97 Å². The van der Waals surface area contributed by atoms with E-state index in [9.17, 15) is 14.4 Å². The lowest BCUT2D eigenvalue weighted by Gasteiger charge is -2.14. The lowest BCUT2D eigenvalue weighted by molar-refractivity contribution is -0.149. The quantitative estimate of drug-likeness (QED) is 0.599. The summed E-state index contributed by atoms with van der Waals surface area (Å²) < 4.78 is 10.5. The summed E-state index contributed by atoms with van der Waals surface area (Å²) in [7, 11) is 0. The summed E-state index contributed by atoms with van der Waals surface area (Å²) >= 11 is 1.11. The molecule has 0 saturated heterocycles. The van der Waals surface area contributed by atoms with Crippen LogP contribution < -0.4 is 5.56 Å². The van der Waals surface area contributed by atoms with Crippen LogP contribution in [0.25, 0.3) is 10.2 Å². The van der Waals surface area contributed by atoms with Gasteiger partial charge in [0.05, 0.1) is 18.4 Å². The Morgan fingerprint density at radius 1 is 1.44 bits per heavy atom. The third kappa shape index (κ3) is 4.10. The minimum absolute atomic E-state index is 0.214. The first-order valence-electron chi connectivity index (χ1n) is 8.97. The third-order valence-corrected chi connectivity index (χ3v) is 5.68. The van der Waals surface area contributed by atoms with Crippen molar-refractivity contribution < 1.29 is 19.1 Å². The maximum absolute atomic E-state index is 12.5. The Hall–Kier alpha value is -2.48. The van der Waals surface area contributed by atoms with E-state index in [1.807, 2.05) is 6.08 Å². The molecule has 2 heterocycles. The first-order valence-corrected chi connectivity index (χ1v) is 9.79. The van der Waals surface area contributed by atoms with E-state index in [0.29, 0.717) is 27.1 Å². The highest BCUT2D eigenvalue weighted by Gasteiger charge is 2.23. The third-order valence-electron chi connectivity index (χ3n) is 4.51. The molecule has 2 aromatic heterocycles. The van der Waals surface area contributed by atoms with Gasteiger partial charge in [0.2, 0.25) is 0 Å². The number of thiophene rings is 1. The van der Waals surface area contributed by atoms with E-state index in [0.717, 1.165) is 24.2 Å². The van der Waals surface area contributed by atoms with Gasteiger partial charge in [-0.2, -0.15) is 0 Å². The van der Waals surface area contributed by atoms with Crippen molar-refractivity contribution in [3.63, 3.8) is 0 Å². The summed E-state index contributed by atoms with van der Waals surface area (Å²) in [6.07, 6.45) is 5.67. The summed E-state index contributed by atoms with van der Waals surface area (Å²) in [4.78, 5) is 44.5. The molecule has 0 spiro atoms. The Morgan fingerprint density at radius 3 is 2.89 bits per heavy atom. The molecule has 144 valence electrons. The second-order valence-electron chi connectivity index (χ2n) is 6.51. The van der Waals surface area contributed by atoms with Crippen LogP contribution >= 0.6 is 11.3 Å². The van der Waals surface area contributed by atoms with E-state index < -0.39 is 12.1 Å². The number of fused-ring (bicyclic) bond motifs is 1. The number of hydrogen-bond acceptors (Lipinski definition) is 7. The Balaban J connectivity index is 1.82. The van der Waals surface area contributed by atoms with Crippen LogP contribution in [0.5, 0.6) is 0 Å². The molecule has 1 aliphatic carbocycles. The predicted molar refractivity (Wildman–Crippen MR) is 102 cm³/mol. The van der Waals surface area contributed by atoms with Crippen molar-refractivity contribution in [3.05, 3.63) is 38.8 Å². The zero-order chi connectivity index (χ0) is 19.6. The summed E-state index contributed by atoms with van der Waals surface area (Å²) in [5.74, 6) is -0.315. The fraction of sp³-hybridized carbons (Fsp3) is 0.474. The van der Waals surface area contributed by atoms with E-state index in [1.165, 1.54) is 0 Å². The number of aryl methyl sites for hydroxylation is 1. The molecule has 7 nitrogen and oxygen atoms in total. The number of aromatic amines is 1. The number of nitrogens with zero attached hydrogens (tertiary/aromatic N) is 1. The smallest absolute Gasteiger partial charge is 0.348 e. The number of rotatable bonds is 6. The minimum Gasteiger partial charge on any atom is -0.462 e. The number of nitrogens with one attached hydrogen (secondary N) is 1. The van der Waals surface area contributed by atoms with Crippen molar-refractivity contribution in [2.24, 2.45) is 5.92 Å². The number of aromatic nitrogens is 2. The molecule has 2 aromatic rings. The SMILES string of the molecule is CCOC(=O)c1sc2nc([C@H](C)OC(=O)C[C@H]3C=CCC3)[nH]c(=O)c2c1C. The first kappa shape index (κ1) is 19.3. The fourth-order valence-electron chi connectivity index (χ4n) is 3.12. The molecule has 1 aliphatic rings. The van der Waals surface area contributed by atoms with Crippen molar-refractivity contribution in [1.29, 1.82) is 0 Å². The normalized spacial score (nSPS) is 17.2. The average molecular weight is 390 g/mol. The van der Waals surface area contributed by atoms with Gasteiger partial charge in [-0.3, -0.25) is 9.59 Å². The number of esters is 2. The number of ether oxygens (including phenoxy) is 2. The van der Waals surface area contributed by atoms with Gasteiger partial charge in [-0.1, -0.05) is 12.2 Å². The molecular formula is C19H22N2O5S. The zero-order valence-corrected chi connectivity index (χ0v) is 16.4. The van der Waals surface area contributed by atoms with Crippen LogP contribution in [0.4, 0.5) is 0 Å². The van der Waals surface area contributed by atoms with Gasteiger partial charge in [0.15, 0.2) is 11.9 Å². The average Bonchev–Trinajstić information content (AvgIpc) is 3.22. The molecule has 0 bridgehead atoms. The molecule has 0 amide bonds. The van der Waals surface area contributed by atoms with Gasteiger partial charge < -0.3 is 14.5 Å². The van der Waals surface area contributed by atoms with Crippen molar-refractivity contribution in [2.75, 3.05) is 6.61 Å². The molecule has 0 saturated carbocycles. The highest BCUT2D eigenvalue weighted by Crippen LogP contribution is 2.29. The summed E-state index contributed by atoms with van der Waals surface area (Å²) in [6, 6.07) is 0. The number of hydrogen-bond donors (Lipinski definition) is 1. The molecule has 3 rings (SSSR count). The Bertz CT molecular complexity index is 959. The molecule has 0 unspecified atom stereocenters. The van der Waals surface area contributed by atoms with Gasteiger partial charge in [0.25, 0.3) is 5.56 Å². The van der Waals surface area contributed by atoms with Crippen LogP contribution in [0.15, 0.2) is 16.9 Å². The molecule has 0 fully saturated rings. The van der Waals surface area contributed by atoms with Crippen molar-refractivity contribution in [3.8, 4) is 0 Å². The van der Waals surface area contributed by atoms with Crippen LogP contribution in [0.2, 0.25) is 0 Å². The number of carbonyl (C=O) groups is 2. The topological polar surface area (TPSA) is 98.3 Å². The van der Waals surface area contributed by atoms with E-state index in [1.54, 1.807) is 20.8 Å². The predicted octanol–water partition coefficient (Wildman–Crippen LogP) is 3.43. The molecule has 8 heteroatoms. The van der Waals surface area contributed by atoms with E-state index in [2.05, 4.69) is 16.0 Å². The van der Waals surface area contributed by atoms with Crippen LogP contribution in [0, 0.1) is 12.8 Å². The minimum atomic E-state index is -0.687. The molecule has 1 N–H and O–H groups in total. The van der Waals surface area contributed by atoms with Gasteiger partial charge in [0.1, 0.15) is 9.71 Å². The zero-order valence-electron chi connectivity index (χ0n) is 15.5. The van der Waals surface area contributed by atoms with Gasteiger partial charge in [0, 0.05) is 0 Å². The lowest BCUT2D eigenvalue weighted by atomic mass is 10.1. The van der Waals surface area contributed by atoms with E-state index in [4.69, 9.17) is 9.47 Å². The van der Waals surface area contributed by atoms with E-state index >= 15 is 0 Å². The molecule has 0 aromatic carbocycles. The first-order chi connectivity index (χ1) is 12.9. The van der Waals surface area contributed by atoms with Gasteiger partial charge >= 0.3 is 11.9 Å². The second kappa shape index (κ2) is 8.04. The second-order valence-corrected chi connectivity index (χ2v) is 7.51. The monoisotopic (exact) mass is 390 g/mol. The molecular weight excluding hydrogens is 368 g/mol. The number of allylic oxidation sites excluding steroid dienone is 2. The van der Waals surface area contributed by atoms with Crippen LogP contribution in [0.1, 0.15) is 60.3 Å². The van der Waals surface area contributed by atoms with Crippen LogP contribution in [-0.4, -0.2) is 28.5 Å². The number of carbonyl (C=O) groups excluding carboxylic acids is 2. The molecule has 27 heavy (non-hydrogen) atoms. The molecule has 0 radical (unpaired) electrons. The number of H-pyrrole nitrogens is 1. The Kier molecular flexibility index (Phi) is 5.74. The van der Waals surface area contributed by atoms with E-state index in [-0.39, 0.29) is 29.9 Å². The fourth-order valence-corrected chi connectivity index (χ4v) is 4.21. The van der Waals surface area contributed by atoms with Crippen LogP contribution in [0.3, 0.4) is 0 Å². The Labute approximate surface area is 160 Å². The van der Waals surface area contributed by atoms with Crippen molar-refractivity contribution >= 4 is 33.5 Å². The highest BCUT2D eigenvalue weighted by molar-refractivity contribution is 7.20. The summed E-state index contributed by atoms with van der Waals surface area (Å²) in [5, 5.41) is 0.362. The standard InChI is InChI=1S/C19H22N2O5S/c1-4-25-19(24)15-10(2)14-17(23)20-16(21-18(14)27-15)11(3)26-13(22)9-12-7-5-6-8-12/h5,7,11-12H,4,6,8-9H2,1-3H3,(H,20,21,23)/t11-,12-/m0/s1. The van der Waals surface area contributed by atoms with Gasteiger partial charge in [-0.05, 0) is 45.1 Å². The van der Waals surface area contributed by atoms with Crippen molar-refractivity contribution in [2.45, 2.75) is 46.1 Å². The lowest BCUT2D eigenvalue weighted by Crippen LogP contribution is -2.18. The summed E-state index contributed by atoms with van der Waals surface area (Å²) in [6.45, 7) is 5.34. The van der Waals surface area contributed by atoms with Gasteiger partial charge in [-0.25, -0.2) is 9.78 Å². The summed E-state index contributed by atoms with van der Waals surface area (Å²) in [5.41, 5.74) is 0.187. The molecule has 0 aliphatic heterocycles. The molecule has 2 atom stereocenters. The maximum atomic E-state index is 12.5.